The van der Waals surface area contributed by atoms with Gasteiger partial charge in [-0.2, -0.15) is 0 Å². The van der Waals surface area contributed by atoms with Gasteiger partial charge in [-0.25, -0.2) is 14.4 Å². The average molecular weight is 620 g/mol. The van der Waals surface area contributed by atoms with Crippen LogP contribution < -0.4 is 20.1 Å². The summed E-state index contributed by atoms with van der Waals surface area (Å²) >= 11 is 6.59. The fourth-order valence-corrected chi connectivity index (χ4v) is 5.30. The molecule has 0 radical (unpaired) electrons. The molecular formula is C33H35ClFN5O4. The number of piperidine rings is 1. The smallest absolute Gasteiger partial charge is 0.248 e. The zero-order valence-electron chi connectivity index (χ0n) is 24.9. The van der Waals surface area contributed by atoms with Crippen LogP contribution in [-0.2, 0) is 10.4 Å². The second kappa shape index (κ2) is 13.6. The topological polar surface area (TPSA) is 109 Å². The summed E-state index contributed by atoms with van der Waals surface area (Å²) in [6.07, 6.45) is 8.42. The maximum absolute atomic E-state index is 13.7. The number of nitrogens with zero attached hydrogens (tertiary/aromatic N) is 3. The first-order valence-corrected chi connectivity index (χ1v) is 14.8. The summed E-state index contributed by atoms with van der Waals surface area (Å²) in [6, 6.07) is 12.4. The number of benzene rings is 3. The molecule has 0 unspecified atom stereocenters. The summed E-state index contributed by atoms with van der Waals surface area (Å²) < 4.78 is 25.1. The highest BCUT2D eigenvalue weighted by Gasteiger charge is 2.24. The third kappa shape index (κ3) is 7.63. The fraction of sp³-hybridized carbons (Fsp3) is 0.303. The van der Waals surface area contributed by atoms with Crippen LogP contribution in [0, 0.1) is 5.82 Å². The highest BCUT2D eigenvalue weighted by Crippen LogP contribution is 2.41. The van der Waals surface area contributed by atoms with E-state index in [1.807, 2.05) is 6.08 Å². The van der Waals surface area contributed by atoms with Crippen LogP contribution >= 0.6 is 11.6 Å². The fourth-order valence-electron chi connectivity index (χ4n) is 5.10. The first-order chi connectivity index (χ1) is 21.1. The van der Waals surface area contributed by atoms with E-state index in [1.54, 1.807) is 44.2 Å². The van der Waals surface area contributed by atoms with Crippen LogP contribution in [0.2, 0.25) is 5.02 Å². The van der Waals surface area contributed by atoms with Crippen molar-refractivity contribution in [1.82, 2.24) is 14.9 Å². The number of aromatic nitrogens is 2. The lowest BCUT2D eigenvalue weighted by Gasteiger charge is -2.24. The highest BCUT2D eigenvalue weighted by atomic mass is 35.5. The molecule has 1 amide bonds. The van der Waals surface area contributed by atoms with Gasteiger partial charge in [0.1, 0.15) is 35.2 Å². The van der Waals surface area contributed by atoms with Crippen molar-refractivity contribution in [1.29, 1.82) is 0 Å². The molecular weight excluding hydrogens is 585 g/mol. The van der Waals surface area contributed by atoms with Crippen molar-refractivity contribution in [2.45, 2.75) is 38.7 Å². The van der Waals surface area contributed by atoms with Gasteiger partial charge < -0.3 is 25.2 Å². The van der Waals surface area contributed by atoms with Crippen molar-refractivity contribution in [2.75, 3.05) is 37.4 Å². The van der Waals surface area contributed by atoms with E-state index in [4.69, 9.17) is 21.1 Å². The second-order valence-electron chi connectivity index (χ2n) is 11.1. The number of aliphatic hydroxyl groups is 1. The Kier molecular flexibility index (Phi) is 9.63. The molecule has 0 spiro atoms. The Morgan fingerprint density at radius 1 is 1.09 bits per heavy atom. The quantitative estimate of drug-likeness (QED) is 0.160. The minimum Gasteiger partial charge on any atom is -0.494 e. The Morgan fingerprint density at radius 3 is 2.61 bits per heavy atom. The molecule has 5 rings (SSSR count). The third-order valence-electron chi connectivity index (χ3n) is 7.30. The zero-order chi connectivity index (χ0) is 31.3. The maximum atomic E-state index is 13.7. The predicted molar refractivity (Wildman–Crippen MR) is 171 cm³/mol. The number of hydrogen-bond acceptors (Lipinski definition) is 8. The molecule has 44 heavy (non-hydrogen) atoms. The van der Waals surface area contributed by atoms with Gasteiger partial charge in [0.05, 0.1) is 28.9 Å². The number of nitrogens with one attached hydrogen (secondary N) is 2. The maximum Gasteiger partial charge on any atom is 0.248 e. The number of hydrogen-bond donors (Lipinski definition) is 3. The second-order valence-corrected chi connectivity index (χ2v) is 11.5. The van der Waals surface area contributed by atoms with E-state index in [0.717, 1.165) is 19.6 Å². The predicted octanol–water partition coefficient (Wildman–Crippen LogP) is 7.17. The van der Waals surface area contributed by atoms with Gasteiger partial charge in [-0.3, -0.25) is 9.69 Å². The lowest BCUT2D eigenvalue weighted by molar-refractivity contribution is -0.111. The van der Waals surface area contributed by atoms with Crippen LogP contribution in [0.15, 0.2) is 67.0 Å². The molecule has 1 saturated heterocycles. The summed E-state index contributed by atoms with van der Waals surface area (Å²) in [6.45, 7) is 6.07. The van der Waals surface area contributed by atoms with Crippen molar-refractivity contribution in [3.8, 4) is 17.2 Å². The summed E-state index contributed by atoms with van der Waals surface area (Å²) in [7, 11) is 1.52. The number of likely N-dealkylation sites (tertiary alicyclic amines) is 1. The Morgan fingerprint density at radius 2 is 1.89 bits per heavy atom. The molecule has 1 aromatic heterocycles. The van der Waals surface area contributed by atoms with Gasteiger partial charge in [-0.05, 0) is 70.1 Å². The van der Waals surface area contributed by atoms with Crippen LogP contribution in [0.5, 0.6) is 17.2 Å². The Labute approximate surface area is 260 Å². The zero-order valence-corrected chi connectivity index (χ0v) is 25.6. The van der Waals surface area contributed by atoms with Crippen molar-refractivity contribution in [2.24, 2.45) is 0 Å². The SMILES string of the molecule is COc1cc2ncnc(Nc3cc(Cl)c(Oc4cccc(F)c4)cc3C(C)(C)O)c2cc1NC(=O)/C=C/CN1CCCCC1. The molecule has 9 nitrogen and oxygen atoms in total. The number of anilines is 3. The molecule has 0 aliphatic carbocycles. The minimum atomic E-state index is -1.32. The minimum absolute atomic E-state index is 0.231. The van der Waals surface area contributed by atoms with Crippen molar-refractivity contribution in [3.05, 3.63) is 83.4 Å². The molecule has 2 heterocycles. The number of rotatable bonds is 10. The average Bonchev–Trinajstić information content (AvgIpc) is 2.98. The van der Waals surface area contributed by atoms with E-state index >= 15 is 0 Å². The molecule has 1 fully saturated rings. The van der Waals surface area contributed by atoms with E-state index in [2.05, 4.69) is 25.5 Å². The molecule has 0 saturated carbocycles. The number of carbonyl (C=O) groups excluding carboxylic acids is 1. The lowest BCUT2D eigenvalue weighted by Crippen LogP contribution is -2.29. The Balaban J connectivity index is 1.43. The van der Waals surface area contributed by atoms with Gasteiger partial charge in [0.15, 0.2) is 0 Å². The van der Waals surface area contributed by atoms with E-state index < -0.39 is 11.4 Å². The van der Waals surface area contributed by atoms with Crippen LogP contribution in [0.3, 0.4) is 0 Å². The number of halogens is 2. The Bertz CT molecular complexity index is 1690. The molecule has 1 aliphatic heterocycles. The van der Waals surface area contributed by atoms with Gasteiger partial charge in [-0.15, -0.1) is 0 Å². The number of carbonyl (C=O) groups is 1. The number of amides is 1. The molecule has 0 atom stereocenters. The summed E-state index contributed by atoms with van der Waals surface area (Å²) in [5.41, 5.74) is 0.626. The van der Waals surface area contributed by atoms with Crippen molar-refractivity contribution < 1.29 is 23.8 Å². The van der Waals surface area contributed by atoms with Crippen molar-refractivity contribution >= 4 is 45.6 Å². The normalized spacial score (nSPS) is 14.1. The van der Waals surface area contributed by atoms with E-state index in [-0.39, 0.29) is 22.4 Å². The summed E-state index contributed by atoms with van der Waals surface area (Å²) in [5, 5.41) is 18.0. The summed E-state index contributed by atoms with van der Waals surface area (Å²) in [5.74, 6) is 0.636. The molecule has 0 bridgehead atoms. The molecule has 3 aromatic carbocycles. The van der Waals surface area contributed by atoms with Crippen LogP contribution in [0.4, 0.5) is 21.6 Å². The first kappa shape index (κ1) is 31.2. The number of fused-ring (bicyclic) bond motifs is 1. The van der Waals surface area contributed by atoms with Crippen LogP contribution in [0.1, 0.15) is 38.7 Å². The Hall–Kier alpha value is -4.25. The summed E-state index contributed by atoms with van der Waals surface area (Å²) in [4.78, 5) is 24.0. The van der Waals surface area contributed by atoms with E-state index in [0.29, 0.717) is 39.4 Å². The van der Waals surface area contributed by atoms with Gasteiger partial charge in [-0.1, -0.05) is 30.2 Å². The third-order valence-corrected chi connectivity index (χ3v) is 7.60. The molecule has 11 heteroatoms. The lowest BCUT2D eigenvalue weighted by atomic mass is 9.96. The molecule has 4 aromatic rings. The van der Waals surface area contributed by atoms with Crippen LogP contribution in [0.25, 0.3) is 10.9 Å². The molecule has 1 aliphatic rings. The van der Waals surface area contributed by atoms with Gasteiger partial charge in [0, 0.05) is 41.4 Å². The van der Waals surface area contributed by atoms with E-state index in [9.17, 15) is 14.3 Å². The van der Waals surface area contributed by atoms with Gasteiger partial charge >= 0.3 is 0 Å². The first-order valence-electron chi connectivity index (χ1n) is 14.4. The van der Waals surface area contributed by atoms with Gasteiger partial charge in [0.2, 0.25) is 5.91 Å². The standard InChI is InChI=1S/C33H35ClFN5O4/c1-33(2,42)24-17-29(44-22-10-7-9-21(35)15-22)25(34)18-27(24)39-32-23-16-28(30(43-3)19-26(23)36-20-37-32)38-31(41)11-8-14-40-12-5-4-6-13-40/h7-11,15-20,42H,4-6,12-14H2,1-3H3,(H,38,41)(H,36,37,39)/b11-8+. The van der Waals surface area contributed by atoms with E-state index in [1.165, 1.54) is 57.0 Å². The molecule has 3 N–H and O–H groups in total. The number of ether oxygens (including phenoxy) is 2. The van der Waals surface area contributed by atoms with Gasteiger partial charge in [0.25, 0.3) is 0 Å². The highest BCUT2D eigenvalue weighted by molar-refractivity contribution is 6.32. The van der Waals surface area contributed by atoms with Crippen molar-refractivity contribution in [3.63, 3.8) is 0 Å². The monoisotopic (exact) mass is 619 g/mol. The number of methoxy groups -OCH3 is 1. The van der Waals surface area contributed by atoms with Crippen LogP contribution in [-0.4, -0.2) is 52.6 Å². The largest absolute Gasteiger partial charge is 0.494 e. The molecule has 230 valence electrons.